The Morgan fingerprint density at radius 3 is 2.50 bits per heavy atom. The smallest absolute Gasteiger partial charge is 0.334 e. The first-order valence-electron chi connectivity index (χ1n) is 19.5. The summed E-state index contributed by atoms with van der Waals surface area (Å²) >= 11 is 0. The molecule has 11 atom stereocenters. The molecular weight excluding hydrogens is 630 g/mol. The van der Waals surface area contributed by atoms with E-state index < -0.39 is 22.9 Å². The molecule has 8 nitrogen and oxygen atoms in total. The number of hydrogen-bond acceptors (Lipinski definition) is 8. The highest BCUT2D eigenvalue weighted by Crippen LogP contribution is 2.55. The van der Waals surface area contributed by atoms with Gasteiger partial charge in [-0.3, -0.25) is 4.99 Å². The average molecular weight is 692 g/mol. The van der Waals surface area contributed by atoms with Gasteiger partial charge in [0.1, 0.15) is 23.4 Å². The molecule has 0 saturated carbocycles. The SMILES string of the molecule is C=C1CCCC2=NC[C@H](C)[C@@H](C)C[C@@]23CCC([C@@H]2C=C(C)C(=O)O2)=C(C)[C@@H]3/C=C(\C)CC[C@@H]2CC[C@]3(COC[C@]4(O[C@H]1CC[C@@]4(C)O)[C@@H]3O)O2. The van der Waals surface area contributed by atoms with E-state index in [1.165, 1.54) is 22.4 Å². The number of ether oxygens (including phenoxy) is 4. The van der Waals surface area contributed by atoms with E-state index in [-0.39, 0.29) is 42.2 Å². The van der Waals surface area contributed by atoms with Gasteiger partial charge in [0.25, 0.3) is 0 Å². The summed E-state index contributed by atoms with van der Waals surface area (Å²) < 4.78 is 25.7. The molecule has 6 heterocycles. The maximum Gasteiger partial charge on any atom is 0.334 e. The van der Waals surface area contributed by atoms with Crippen LogP contribution in [0.15, 0.2) is 51.6 Å². The van der Waals surface area contributed by atoms with Crippen LogP contribution in [0.3, 0.4) is 0 Å². The molecule has 7 rings (SSSR count). The molecule has 8 heteroatoms. The standard InChI is InChI=1S/C42H61NO7/c1-25-11-12-31-13-18-41(49-31)23-47-24-42(38(41)45)39(7,46)16-15-34(50-42)26(2)9-8-10-36-40(21-28(4)29(5)22-43-36)17-14-32(30(6)33(40)19-25)35-20-27(3)37(44)48-35/h19-20,28-29,31,33-35,38,45-46H,2,8-18,21-24H2,1,3-7H3/b25-19+/t28-,29-,31+,33-,34-,35-,38+,39+,40+,41+,42-/m0/s1. The van der Waals surface area contributed by atoms with E-state index in [0.29, 0.717) is 43.3 Å². The van der Waals surface area contributed by atoms with Crippen LogP contribution in [-0.2, 0) is 23.7 Å². The Morgan fingerprint density at radius 1 is 0.940 bits per heavy atom. The summed E-state index contributed by atoms with van der Waals surface area (Å²) in [5, 5.41) is 23.9. The predicted octanol–water partition coefficient (Wildman–Crippen LogP) is 7.13. The zero-order chi connectivity index (χ0) is 35.6. The summed E-state index contributed by atoms with van der Waals surface area (Å²) in [7, 11) is 0. The van der Waals surface area contributed by atoms with Gasteiger partial charge in [0.2, 0.25) is 0 Å². The van der Waals surface area contributed by atoms with Crippen LogP contribution in [0.1, 0.15) is 119 Å². The van der Waals surface area contributed by atoms with Crippen LogP contribution in [0.5, 0.6) is 0 Å². The highest BCUT2D eigenvalue weighted by molar-refractivity contribution is 5.92. The molecule has 0 amide bonds. The molecular formula is C42H61NO7. The van der Waals surface area contributed by atoms with Crippen molar-refractivity contribution in [1.29, 1.82) is 0 Å². The molecule has 50 heavy (non-hydrogen) atoms. The number of carbonyl (C=O) groups excluding carboxylic acids is 1. The lowest BCUT2D eigenvalue weighted by molar-refractivity contribution is -0.341. The number of aliphatic hydroxyl groups excluding tert-OH is 1. The van der Waals surface area contributed by atoms with Gasteiger partial charge in [-0.05, 0) is 134 Å². The van der Waals surface area contributed by atoms with Crippen LogP contribution in [0.4, 0.5) is 0 Å². The fourth-order valence-corrected chi connectivity index (χ4v) is 10.7. The highest BCUT2D eigenvalue weighted by atomic mass is 16.6. The van der Waals surface area contributed by atoms with Gasteiger partial charge in [0.05, 0.1) is 31.0 Å². The van der Waals surface area contributed by atoms with Crippen molar-refractivity contribution in [1.82, 2.24) is 0 Å². The first kappa shape index (κ1) is 36.3. The third kappa shape index (κ3) is 6.03. The van der Waals surface area contributed by atoms with Crippen molar-refractivity contribution in [2.24, 2.45) is 28.2 Å². The van der Waals surface area contributed by atoms with Crippen LogP contribution < -0.4 is 0 Å². The van der Waals surface area contributed by atoms with Crippen LogP contribution in [0.25, 0.3) is 0 Å². The van der Waals surface area contributed by atoms with Gasteiger partial charge in [-0.2, -0.15) is 0 Å². The van der Waals surface area contributed by atoms with E-state index in [1.807, 2.05) is 13.0 Å². The minimum atomic E-state index is -1.28. The summed E-state index contributed by atoms with van der Waals surface area (Å²) in [6.07, 6.45) is 12.8. The number of carbonyl (C=O) groups is 1. The maximum atomic E-state index is 12.5. The molecule has 3 spiro atoms. The second-order valence-electron chi connectivity index (χ2n) is 17.6. The minimum absolute atomic E-state index is 0.0284. The summed E-state index contributed by atoms with van der Waals surface area (Å²) in [4.78, 5) is 18.0. The first-order valence-corrected chi connectivity index (χ1v) is 19.5. The van der Waals surface area contributed by atoms with E-state index >= 15 is 0 Å². The second kappa shape index (κ2) is 13.4. The molecule has 2 N–H and O–H groups in total. The number of esters is 1. The van der Waals surface area contributed by atoms with Gasteiger partial charge in [0, 0.05) is 29.2 Å². The summed E-state index contributed by atoms with van der Waals surface area (Å²) in [5.41, 5.74) is 3.35. The van der Waals surface area contributed by atoms with Gasteiger partial charge >= 0.3 is 5.97 Å². The molecule has 0 aromatic carbocycles. The summed E-state index contributed by atoms with van der Waals surface area (Å²) in [6.45, 7) is 18.7. The van der Waals surface area contributed by atoms with Gasteiger partial charge in [-0.15, -0.1) is 0 Å². The number of nitrogens with zero attached hydrogens (tertiary/aromatic N) is 1. The van der Waals surface area contributed by atoms with Crippen molar-refractivity contribution in [3.05, 3.63) is 46.6 Å². The van der Waals surface area contributed by atoms with E-state index in [9.17, 15) is 15.0 Å². The predicted molar refractivity (Wildman–Crippen MR) is 194 cm³/mol. The first-order chi connectivity index (χ1) is 23.7. The molecule has 0 aromatic heterocycles. The maximum absolute atomic E-state index is 12.5. The highest BCUT2D eigenvalue weighted by Gasteiger charge is 2.67. The topological polar surface area (TPSA) is 107 Å². The summed E-state index contributed by atoms with van der Waals surface area (Å²) in [6, 6.07) is 0. The van der Waals surface area contributed by atoms with Gasteiger partial charge in [-0.1, -0.05) is 37.6 Å². The third-order valence-corrected chi connectivity index (χ3v) is 14.2. The lowest BCUT2D eigenvalue weighted by Crippen LogP contribution is -2.75. The number of rotatable bonds is 1. The third-order valence-electron chi connectivity index (χ3n) is 14.2. The van der Waals surface area contributed by atoms with E-state index in [4.69, 9.17) is 23.9 Å². The molecule has 0 aromatic rings. The number of aliphatic imine (C=N–C) groups is 1. The van der Waals surface area contributed by atoms with Crippen LogP contribution in [-0.4, -0.2) is 82.9 Å². The summed E-state index contributed by atoms with van der Waals surface area (Å²) in [5.74, 6) is 0.967. The molecule has 4 bridgehead atoms. The largest absolute Gasteiger partial charge is 0.450 e. The fraction of sp³-hybridized carbons (Fsp3) is 0.762. The number of aliphatic hydroxyl groups is 2. The van der Waals surface area contributed by atoms with Crippen molar-refractivity contribution in [3.8, 4) is 0 Å². The van der Waals surface area contributed by atoms with Gasteiger partial charge < -0.3 is 29.2 Å². The van der Waals surface area contributed by atoms with Gasteiger partial charge in [-0.25, -0.2) is 4.79 Å². The Balaban J connectivity index is 1.28. The molecule has 0 radical (unpaired) electrons. The van der Waals surface area contributed by atoms with Crippen molar-refractivity contribution in [2.75, 3.05) is 19.8 Å². The number of allylic oxidation sites excluding steroid dienone is 3. The van der Waals surface area contributed by atoms with Crippen molar-refractivity contribution < 1.29 is 34.0 Å². The number of hydrogen-bond donors (Lipinski definition) is 2. The molecule has 6 aliphatic heterocycles. The molecule has 3 fully saturated rings. The van der Waals surface area contributed by atoms with Crippen molar-refractivity contribution in [3.63, 3.8) is 0 Å². The van der Waals surface area contributed by atoms with E-state index in [2.05, 4.69) is 40.3 Å². The Labute approximate surface area is 299 Å². The molecule has 1 aliphatic carbocycles. The Kier molecular flexibility index (Phi) is 9.71. The van der Waals surface area contributed by atoms with Crippen molar-refractivity contribution >= 4 is 11.7 Å². The lowest BCUT2D eigenvalue weighted by Gasteiger charge is -2.58. The van der Waals surface area contributed by atoms with Gasteiger partial charge in [0.15, 0.2) is 0 Å². The zero-order valence-electron chi connectivity index (χ0n) is 31.4. The van der Waals surface area contributed by atoms with Crippen LogP contribution in [0.2, 0.25) is 0 Å². The van der Waals surface area contributed by atoms with Crippen LogP contribution in [0, 0.1) is 23.2 Å². The number of cyclic esters (lactones) is 1. The van der Waals surface area contributed by atoms with Crippen molar-refractivity contribution in [2.45, 2.75) is 160 Å². The fourth-order valence-electron chi connectivity index (χ4n) is 10.7. The second-order valence-corrected chi connectivity index (χ2v) is 17.6. The Morgan fingerprint density at radius 2 is 1.74 bits per heavy atom. The molecule has 7 aliphatic rings. The molecule has 0 unspecified atom stereocenters. The normalized spacial score (nSPS) is 47.0. The zero-order valence-corrected chi connectivity index (χ0v) is 31.4. The molecule has 276 valence electrons. The monoisotopic (exact) mass is 691 g/mol. The Bertz CT molecular complexity index is 1510. The van der Waals surface area contributed by atoms with Crippen LogP contribution >= 0.6 is 0 Å². The minimum Gasteiger partial charge on any atom is -0.450 e. The van der Waals surface area contributed by atoms with E-state index in [1.54, 1.807) is 6.92 Å². The molecule has 3 saturated heterocycles. The lowest BCUT2D eigenvalue weighted by atomic mass is 9.56. The average Bonchev–Trinajstić information content (AvgIpc) is 3.61. The Hall–Kier alpha value is -2.10. The quantitative estimate of drug-likeness (QED) is 0.223. The van der Waals surface area contributed by atoms with E-state index in [0.717, 1.165) is 69.9 Å². The number of fused-ring (bicyclic) bond motifs is 2.